The Morgan fingerprint density at radius 3 is 2.77 bits per heavy atom. The molecule has 7 nitrogen and oxygen atoms in total. The Morgan fingerprint density at radius 1 is 1.31 bits per heavy atom. The van der Waals surface area contributed by atoms with Crippen LogP contribution < -0.4 is 14.8 Å². The van der Waals surface area contributed by atoms with E-state index in [0.717, 1.165) is 5.76 Å². The molecule has 0 unspecified atom stereocenters. The van der Waals surface area contributed by atoms with Crippen LogP contribution in [0.2, 0.25) is 0 Å². The standard InChI is InChI=1S/C17H22N2O5S2/c1-3-18-17(20)15-11-14(6-7-16(15)23-2)26(21,22)19-8-10-25-12-13-5-4-9-24-13/h4-7,9,11,19H,3,8,10,12H2,1-2H3,(H,18,20). The fourth-order valence-electron chi connectivity index (χ4n) is 2.19. The van der Waals surface area contributed by atoms with Gasteiger partial charge in [0.05, 0.1) is 29.6 Å². The summed E-state index contributed by atoms with van der Waals surface area (Å²) in [5.74, 6) is 2.07. The summed E-state index contributed by atoms with van der Waals surface area (Å²) in [4.78, 5) is 12.1. The van der Waals surface area contributed by atoms with Gasteiger partial charge in [0.1, 0.15) is 11.5 Å². The van der Waals surface area contributed by atoms with Gasteiger partial charge in [0, 0.05) is 18.8 Å². The highest BCUT2D eigenvalue weighted by Crippen LogP contribution is 2.22. The summed E-state index contributed by atoms with van der Waals surface area (Å²) in [7, 11) is -2.28. The number of amides is 1. The fourth-order valence-corrected chi connectivity index (χ4v) is 4.13. The Hall–Kier alpha value is -1.97. The molecular weight excluding hydrogens is 376 g/mol. The van der Waals surface area contributed by atoms with Crippen molar-refractivity contribution in [3.63, 3.8) is 0 Å². The first-order chi connectivity index (χ1) is 12.5. The SMILES string of the molecule is CCNC(=O)c1cc(S(=O)(=O)NCCSCc2ccco2)ccc1OC. The Kier molecular flexibility index (Phi) is 7.55. The molecule has 0 bridgehead atoms. The minimum atomic E-state index is -3.71. The summed E-state index contributed by atoms with van der Waals surface area (Å²) in [6.45, 7) is 2.49. The van der Waals surface area contributed by atoms with Crippen LogP contribution in [0.4, 0.5) is 0 Å². The van der Waals surface area contributed by atoms with Gasteiger partial charge in [0.25, 0.3) is 5.91 Å². The van der Waals surface area contributed by atoms with E-state index in [1.807, 2.05) is 12.1 Å². The van der Waals surface area contributed by atoms with E-state index in [2.05, 4.69) is 10.0 Å². The lowest BCUT2D eigenvalue weighted by atomic mass is 10.2. The predicted octanol–water partition coefficient (Wildman–Crippen LogP) is 2.25. The van der Waals surface area contributed by atoms with Crippen LogP contribution in [-0.4, -0.2) is 40.3 Å². The molecule has 142 valence electrons. The quantitative estimate of drug-likeness (QED) is 0.596. The van der Waals surface area contributed by atoms with E-state index in [0.29, 0.717) is 23.8 Å². The number of thioether (sulfide) groups is 1. The summed E-state index contributed by atoms with van der Waals surface area (Å²) >= 11 is 1.56. The molecule has 0 saturated carbocycles. The molecule has 0 saturated heterocycles. The lowest BCUT2D eigenvalue weighted by Crippen LogP contribution is -2.27. The molecule has 1 aromatic carbocycles. The summed E-state index contributed by atoms with van der Waals surface area (Å²) in [6.07, 6.45) is 1.61. The molecule has 2 aromatic rings. The number of ether oxygens (including phenoxy) is 1. The lowest BCUT2D eigenvalue weighted by Gasteiger charge is -2.11. The van der Waals surface area contributed by atoms with Crippen LogP contribution in [0.5, 0.6) is 5.75 Å². The van der Waals surface area contributed by atoms with Gasteiger partial charge in [-0.25, -0.2) is 13.1 Å². The lowest BCUT2D eigenvalue weighted by molar-refractivity contribution is 0.0952. The molecule has 0 fully saturated rings. The third-order valence-corrected chi connectivity index (χ3v) is 5.87. The van der Waals surface area contributed by atoms with Gasteiger partial charge in [-0.2, -0.15) is 11.8 Å². The van der Waals surface area contributed by atoms with E-state index in [1.165, 1.54) is 25.3 Å². The zero-order valence-corrected chi connectivity index (χ0v) is 16.3. The van der Waals surface area contributed by atoms with E-state index in [-0.39, 0.29) is 22.9 Å². The molecule has 0 radical (unpaired) electrons. The second-order valence-corrected chi connectivity index (χ2v) is 8.12. The van der Waals surface area contributed by atoms with Gasteiger partial charge < -0.3 is 14.5 Å². The van der Waals surface area contributed by atoms with Gasteiger partial charge in [-0.05, 0) is 37.3 Å². The smallest absolute Gasteiger partial charge is 0.255 e. The predicted molar refractivity (Wildman–Crippen MR) is 101 cm³/mol. The number of rotatable bonds is 10. The largest absolute Gasteiger partial charge is 0.496 e. The maximum atomic E-state index is 12.4. The second-order valence-electron chi connectivity index (χ2n) is 5.25. The van der Waals surface area contributed by atoms with Crippen LogP contribution in [0.15, 0.2) is 45.9 Å². The molecule has 0 atom stereocenters. The molecule has 0 aliphatic rings. The maximum Gasteiger partial charge on any atom is 0.255 e. The fraction of sp³-hybridized carbons (Fsp3) is 0.353. The monoisotopic (exact) mass is 398 g/mol. The molecule has 1 heterocycles. The zero-order valence-electron chi connectivity index (χ0n) is 14.7. The molecule has 9 heteroatoms. The number of furan rings is 1. The van der Waals surface area contributed by atoms with Crippen molar-refractivity contribution in [3.05, 3.63) is 47.9 Å². The van der Waals surface area contributed by atoms with Crippen molar-refractivity contribution in [2.45, 2.75) is 17.6 Å². The molecule has 26 heavy (non-hydrogen) atoms. The van der Waals surface area contributed by atoms with Crippen molar-refractivity contribution >= 4 is 27.7 Å². The molecule has 2 rings (SSSR count). The summed E-state index contributed by atoms with van der Waals surface area (Å²) in [6, 6.07) is 7.90. The van der Waals surface area contributed by atoms with Gasteiger partial charge in [-0.1, -0.05) is 0 Å². The number of carbonyl (C=O) groups excluding carboxylic acids is 1. The Bertz CT molecular complexity index is 820. The van der Waals surface area contributed by atoms with Crippen molar-refractivity contribution in [1.29, 1.82) is 0 Å². The molecule has 1 amide bonds. The van der Waals surface area contributed by atoms with Crippen molar-refractivity contribution in [3.8, 4) is 5.75 Å². The van der Waals surface area contributed by atoms with Gasteiger partial charge in [0.2, 0.25) is 10.0 Å². The number of sulfonamides is 1. The highest BCUT2D eigenvalue weighted by molar-refractivity contribution is 7.98. The zero-order chi connectivity index (χ0) is 19.0. The van der Waals surface area contributed by atoms with E-state index >= 15 is 0 Å². The first kappa shape index (κ1) is 20.3. The molecule has 2 N–H and O–H groups in total. The number of hydrogen-bond acceptors (Lipinski definition) is 6. The Balaban J connectivity index is 1.98. The van der Waals surface area contributed by atoms with Gasteiger partial charge >= 0.3 is 0 Å². The van der Waals surface area contributed by atoms with Gasteiger partial charge in [-0.15, -0.1) is 0 Å². The molecule has 0 spiro atoms. The minimum absolute atomic E-state index is 0.0237. The number of nitrogens with one attached hydrogen (secondary N) is 2. The Labute approximate surface area is 157 Å². The first-order valence-electron chi connectivity index (χ1n) is 8.04. The summed E-state index contributed by atoms with van der Waals surface area (Å²) in [5.41, 5.74) is 0.185. The van der Waals surface area contributed by atoms with E-state index in [4.69, 9.17) is 9.15 Å². The number of benzene rings is 1. The normalized spacial score (nSPS) is 11.3. The van der Waals surface area contributed by atoms with E-state index in [1.54, 1.807) is 24.9 Å². The molecular formula is C17H22N2O5S2. The van der Waals surface area contributed by atoms with Crippen molar-refractivity contribution in [2.24, 2.45) is 0 Å². The van der Waals surface area contributed by atoms with Crippen LogP contribution in [-0.2, 0) is 15.8 Å². The first-order valence-corrected chi connectivity index (χ1v) is 10.7. The minimum Gasteiger partial charge on any atom is -0.496 e. The third kappa shape index (κ3) is 5.52. The van der Waals surface area contributed by atoms with Crippen LogP contribution in [0.3, 0.4) is 0 Å². The van der Waals surface area contributed by atoms with E-state index < -0.39 is 10.0 Å². The second kappa shape index (κ2) is 9.65. The molecule has 0 aliphatic heterocycles. The van der Waals surface area contributed by atoms with Crippen LogP contribution >= 0.6 is 11.8 Å². The average molecular weight is 399 g/mol. The van der Waals surface area contributed by atoms with Crippen molar-refractivity contribution in [1.82, 2.24) is 10.0 Å². The third-order valence-electron chi connectivity index (χ3n) is 3.43. The summed E-state index contributed by atoms with van der Waals surface area (Å²) in [5, 5.41) is 2.64. The van der Waals surface area contributed by atoms with Crippen molar-refractivity contribution < 1.29 is 22.4 Å². The number of carbonyl (C=O) groups is 1. The highest BCUT2D eigenvalue weighted by atomic mass is 32.2. The Morgan fingerprint density at radius 2 is 2.12 bits per heavy atom. The summed E-state index contributed by atoms with van der Waals surface area (Å²) < 4.78 is 37.8. The molecule has 1 aromatic heterocycles. The average Bonchev–Trinajstić information content (AvgIpc) is 3.14. The maximum absolute atomic E-state index is 12.4. The van der Waals surface area contributed by atoms with Crippen molar-refractivity contribution in [2.75, 3.05) is 26.0 Å². The number of hydrogen-bond donors (Lipinski definition) is 2. The van der Waals surface area contributed by atoms with Gasteiger partial charge in [-0.3, -0.25) is 4.79 Å². The van der Waals surface area contributed by atoms with Crippen LogP contribution in [0, 0.1) is 0 Å². The van der Waals surface area contributed by atoms with E-state index in [9.17, 15) is 13.2 Å². The topological polar surface area (TPSA) is 97.6 Å². The highest BCUT2D eigenvalue weighted by Gasteiger charge is 2.19. The number of methoxy groups -OCH3 is 1. The van der Waals surface area contributed by atoms with Crippen LogP contribution in [0.25, 0.3) is 0 Å². The molecule has 0 aliphatic carbocycles. The van der Waals surface area contributed by atoms with Gasteiger partial charge in [0.15, 0.2) is 0 Å². The van der Waals surface area contributed by atoms with Crippen LogP contribution in [0.1, 0.15) is 23.0 Å².